The summed E-state index contributed by atoms with van der Waals surface area (Å²) in [4.78, 5) is 40.1. The number of likely N-dealkylation sites (N-methyl/N-ethyl adjacent to an activating group) is 1. The van der Waals surface area contributed by atoms with E-state index in [0.717, 1.165) is 6.07 Å². The van der Waals surface area contributed by atoms with Crippen LogP contribution in [0.1, 0.15) is 29.5 Å². The third kappa shape index (κ3) is 2.64. The number of phenolic OH excluding ortho intramolecular Hbond substituents is 1. The van der Waals surface area contributed by atoms with Gasteiger partial charge in [-0.15, -0.1) is 0 Å². The van der Waals surface area contributed by atoms with Crippen LogP contribution in [0.3, 0.4) is 0 Å². The number of phenols is 1. The number of carbonyl (C=O) groups excluding carboxylic acids is 3. The lowest BCUT2D eigenvalue weighted by atomic mass is 9.54. The van der Waals surface area contributed by atoms with Gasteiger partial charge < -0.3 is 31.3 Å². The van der Waals surface area contributed by atoms with Crippen LogP contribution in [0.2, 0.25) is 0 Å². The molecule has 0 heterocycles. The van der Waals surface area contributed by atoms with Gasteiger partial charge in [-0.25, -0.2) is 0 Å². The number of Topliss-reactive ketones (excluding diaryl/α,β-unsaturated/α-hetero) is 2. The Balaban J connectivity index is 2.10. The van der Waals surface area contributed by atoms with Crippen molar-refractivity contribution in [3.8, 4) is 11.8 Å². The maximum Gasteiger partial charge on any atom is 0.255 e. The first kappa shape index (κ1) is 23.4. The highest BCUT2D eigenvalue weighted by Crippen LogP contribution is 2.56. The second-order valence-electron chi connectivity index (χ2n) is 9.08. The number of amides is 1. The number of ketones is 2. The molecule has 1 aromatic rings. The highest BCUT2D eigenvalue weighted by Gasteiger charge is 2.68. The van der Waals surface area contributed by atoms with Gasteiger partial charge in [0.05, 0.1) is 35.3 Å². The molecule has 0 saturated heterocycles. The topological polar surface area (TPSA) is 205 Å². The molecule has 11 heteroatoms. The van der Waals surface area contributed by atoms with Crippen molar-refractivity contribution < 1.29 is 39.9 Å². The number of aromatic hydroxyl groups is 1. The van der Waals surface area contributed by atoms with Gasteiger partial charge in [-0.2, -0.15) is 5.26 Å². The number of aliphatic hydroxyl groups is 4. The summed E-state index contributed by atoms with van der Waals surface area (Å²) in [5.41, 5.74) is 0.884. The number of nitrogens with two attached hydrogens (primary N) is 1. The fraction of sp³-hybridized carbons (Fsp3) is 0.391. The van der Waals surface area contributed by atoms with E-state index in [2.05, 4.69) is 0 Å². The summed E-state index contributed by atoms with van der Waals surface area (Å²) in [6, 6.07) is 3.01. The molecule has 6 unspecified atom stereocenters. The number of carbonyl (C=O) groups is 3. The fourth-order valence-electron chi connectivity index (χ4n) is 5.79. The van der Waals surface area contributed by atoms with Crippen LogP contribution in [-0.2, 0) is 14.4 Å². The van der Waals surface area contributed by atoms with E-state index in [1.807, 2.05) is 6.07 Å². The van der Waals surface area contributed by atoms with Gasteiger partial charge in [0.15, 0.2) is 11.4 Å². The Labute approximate surface area is 193 Å². The van der Waals surface area contributed by atoms with Gasteiger partial charge in [0.25, 0.3) is 5.91 Å². The quantitative estimate of drug-likeness (QED) is 0.302. The highest BCUT2D eigenvalue weighted by molar-refractivity contribution is 6.24. The molecule has 0 aromatic heterocycles. The summed E-state index contributed by atoms with van der Waals surface area (Å²) in [5, 5.41) is 64.8. The van der Waals surface area contributed by atoms with Crippen molar-refractivity contribution in [2.24, 2.45) is 17.6 Å². The Morgan fingerprint density at radius 3 is 2.35 bits per heavy atom. The molecule has 3 aliphatic rings. The van der Waals surface area contributed by atoms with E-state index in [1.54, 1.807) is 6.92 Å². The van der Waals surface area contributed by atoms with Gasteiger partial charge >= 0.3 is 0 Å². The predicted molar refractivity (Wildman–Crippen MR) is 115 cm³/mol. The van der Waals surface area contributed by atoms with Crippen molar-refractivity contribution in [2.45, 2.75) is 30.6 Å². The van der Waals surface area contributed by atoms with E-state index in [9.17, 15) is 45.2 Å². The predicted octanol–water partition coefficient (Wildman–Crippen LogP) is -0.633. The molecule has 178 valence electrons. The van der Waals surface area contributed by atoms with E-state index in [0.29, 0.717) is 0 Å². The first-order chi connectivity index (χ1) is 15.8. The van der Waals surface area contributed by atoms with Crippen LogP contribution in [0, 0.1) is 23.2 Å². The molecule has 0 spiro atoms. The lowest BCUT2D eigenvalue weighted by Gasteiger charge is -2.53. The molecule has 6 atom stereocenters. The van der Waals surface area contributed by atoms with Crippen molar-refractivity contribution in [2.75, 3.05) is 14.1 Å². The van der Waals surface area contributed by atoms with Crippen molar-refractivity contribution >= 4 is 23.2 Å². The van der Waals surface area contributed by atoms with E-state index < -0.39 is 81.4 Å². The summed E-state index contributed by atoms with van der Waals surface area (Å²) in [6.45, 7) is 1.57. The second kappa shape index (κ2) is 7.39. The largest absolute Gasteiger partial charge is 0.508 e. The number of rotatable bonds is 2. The van der Waals surface area contributed by atoms with Crippen LogP contribution >= 0.6 is 0 Å². The number of fused-ring (bicyclic) bond motifs is 3. The first-order valence-corrected chi connectivity index (χ1v) is 10.4. The summed E-state index contributed by atoms with van der Waals surface area (Å²) in [6.07, 6.45) is -1.70. The van der Waals surface area contributed by atoms with Crippen molar-refractivity contribution in [3.63, 3.8) is 0 Å². The van der Waals surface area contributed by atoms with Crippen molar-refractivity contribution in [1.29, 1.82) is 5.26 Å². The molecule has 0 bridgehead atoms. The molecule has 1 saturated carbocycles. The molecule has 1 fully saturated rings. The summed E-state index contributed by atoms with van der Waals surface area (Å²) >= 11 is 0. The molecular formula is C23H23N3O8. The third-order valence-electron chi connectivity index (χ3n) is 7.23. The van der Waals surface area contributed by atoms with Crippen LogP contribution < -0.4 is 5.73 Å². The number of aliphatic hydroxyl groups excluding tert-OH is 3. The molecule has 11 nitrogen and oxygen atoms in total. The average molecular weight is 469 g/mol. The molecule has 3 aliphatic carbocycles. The highest BCUT2D eigenvalue weighted by atomic mass is 16.4. The van der Waals surface area contributed by atoms with Crippen LogP contribution in [0.15, 0.2) is 29.0 Å². The molecule has 0 aliphatic heterocycles. The minimum absolute atomic E-state index is 0.0917. The van der Waals surface area contributed by atoms with Crippen LogP contribution in [0.5, 0.6) is 5.75 Å². The number of nitriles is 1. The molecule has 7 N–H and O–H groups in total. The van der Waals surface area contributed by atoms with E-state index >= 15 is 0 Å². The lowest BCUT2D eigenvalue weighted by Crippen LogP contribution is -2.70. The lowest BCUT2D eigenvalue weighted by molar-refractivity contribution is -0.169. The minimum atomic E-state index is -2.97. The standard InChI is InChI=1S/C23H23N3O8/c1-7-10-8(6-24)4-5-9(27)12(10)17(28)13-11(7)18(29)15-16(26(2)3)19(30)14(22(25)33)21(32)23(15,34)20(13)31/h4-5,7,11,15-16,18,27-29,32,34H,1-3H3,(H2,25,33). The van der Waals surface area contributed by atoms with Gasteiger partial charge in [-0.05, 0) is 37.7 Å². The Hall–Kier alpha value is -3.72. The molecular weight excluding hydrogens is 446 g/mol. The minimum Gasteiger partial charge on any atom is -0.508 e. The van der Waals surface area contributed by atoms with Gasteiger partial charge in [0.1, 0.15) is 22.8 Å². The maximum atomic E-state index is 13.7. The van der Waals surface area contributed by atoms with Gasteiger partial charge in [0, 0.05) is 11.5 Å². The normalized spacial score (nSPS) is 32.8. The van der Waals surface area contributed by atoms with Crippen molar-refractivity contribution in [3.05, 3.63) is 45.7 Å². The molecule has 0 radical (unpaired) electrons. The number of hydrogen-bond donors (Lipinski definition) is 6. The average Bonchev–Trinajstić information content (AvgIpc) is 2.75. The van der Waals surface area contributed by atoms with Crippen LogP contribution in [0.4, 0.5) is 0 Å². The summed E-state index contributed by atoms with van der Waals surface area (Å²) in [5.74, 6) is -9.80. The Morgan fingerprint density at radius 1 is 1.21 bits per heavy atom. The van der Waals surface area contributed by atoms with E-state index in [4.69, 9.17) is 5.73 Å². The molecule has 1 aromatic carbocycles. The first-order valence-electron chi connectivity index (χ1n) is 10.4. The SMILES string of the molecule is CC1c2c(C#N)ccc(O)c2C(O)=C2C(=O)C3(O)C(O)=C(C(N)=O)C(=O)C(N(C)C)C3C(O)C21. The molecule has 1 amide bonds. The van der Waals surface area contributed by atoms with E-state index in [1.165, 1.54) is 25.1 Å². The molecule has 34 heavy (non-hydrogen) atoms. The van der Waals surface area contributed by atoms with Gasteiger partial charge in [0.2, 0.25) is 5.78 Å². The van der Waals surface area contributed by atoms with E-state index in [-0.39, 0.29) is 16.7 Å². The number of benzene rings is 1. The Kier molecular flexibility index (Phi) is 5.10. The second-order valence-corrected chi connectivity index (χ2v) is 9.08. The smallest absolute Gasteiger partial charge is 0.255 e. The van der Waals surface area contributed by atoms with Crippen LogP contribution in [-0.4, -0.2) is 79.7 Å². The monoisotopic (exact) mass is 469 g/mol. The molecule has 4 rings (SSSR count). The van der Waals surface area contributed by atoms with Crippen molar-refractivity contribution in [1.82, 2.24) is 4.90 Å². The third-order valence-corrected chi connectivity index (χ3v) is 7.23. The fourth-order valence-corrected chi connectivity index (χ4v) is 5.79. The van der Waals surface area contributed by atoms with Gasteiger partial charge in [-0.1, -0.05) is 6.92 Å². The zero-order chi connectivity index (χ0) is 25.4. The number of hydrogen-bond acceptors (Lipinski definition) is 10. The van der Waals surface area contributed by atoms with Gasteiger partial charge in [-0.3, -0.25) is 19.3 Å². The number of nitrogens with zero attached hydrogens (tertiary/aromatic N) is 2. The number of primary amides is 1. The zero-order valence-electron chi connectivity index (χ0n) is 18.5. The summed E-state index contributed by atoms with van der Waals surface area (Å²) < 4.78 is 0. The Bertz CT molecular complexity index is 1270. The summed E-state index contributed by atoms with van der Waals surface area (Å²) in [7, 11) is 2.85. The zero-order valence-corrected chi connectivity index (χ0v) is 18.5. The van der Waals surface area contributed by atoms with Crippen LogP contribution in [0.25, 0.3) is 5.76 Å². The Morgan fingerprint density at radius 2 is 1.82 bits per heavy atom. The maximum absolute atomic E-state index is 13.7.